The highest BCUT2D eigenvalue weighted by molar-refractivity contribution is 7.91. The molecule has 1 aliphatic rings. The number of aromatic amines is 1. The molecular formula is C14H24N4O3S. The van der Waals surface area contributed by atoms with Crippen LogP contribution in [0.1, 0.15) is 45.0 Å². The molecule has 124 valence electrons. The molecule has 2 amide bonds. The number of sulfone groups is 1. The van der Waals surface area contributed by atoms with Gasteiger partial charge in [0, 0.05) is 30.7 Å². The van der Waals surface area contributed by atoms with Gasteiger partial charge in [0.05, 0.1) is 11.8 Å². The maximum atomic E-state index is 12.5. The summed E-state index contributed by atoms with van der Waals surface area (Å²) in [6.07, 6.45) is 6.29. The molecule has 1 saturated heterocycles. The number of hydrogen-bond donors (Lipinski definition) is 2. The fourth-order valence-electron chi connectivity index (χ4n) is 2.75. The molecule has 0 aliphatic carbocycles. The molecule has 1 aliphatic heterocycles. The van der Waals surface area contributed by atoms with Crippen LogP contribution in [0.2, 0.25) is 0 Å². The number of imidazole rings is 1. The summed E-state index contributed by atoms with van der Waals surface area (Å²) in [6, 6.07) is -0.699. The van der Waals surface area contributed by atoms with E-state index in [4.69, 9.17) is 0 Å². The van der Waals surface area contributed by atoms with Gasteiger partial charge in [-0.3, -0.25) is 0 Å². The van der Waals surface area contributed by atoms with E-state index in [0.29, 0.717) is 6.54 Å². The summed E-state index contributed by atoms with van der Waals surface area (Å²) < 4.78 is 23.3. The van der Waals surface area contributed by atoms with E-state index >= 15 is 0 Å². The number of aromatic nitrogens is 2. The number of urea groups is 1. The van der Waals surface area contributed by atoms with Crippen molar-refractivity contribution in [1.29, 1.82) is 0 Å². The Labute approximate surface area is 131 Å². The molecular weight excluding hydrogens is 304 g/mol. The van der Waals surface area contributed by atoms with Gasteiger partial charge in [0.2, 0.25) is 0 Å². The van der Waals surface area contributed by atoms with E-state index in [2.05, 4.69) is 15.3 Å². The first-order chi connectivity index (χ1) is 10.4. The van der Waals surface area contributed by atoms with Gasteiger partial charge in [-0.2, -0.15) is 0 Å². The Bertz CT molecular complexity index is 585. The zero-order valence-corrected chi connectivity index (χ0v) is 13.9. The number of amides is 2. The third-order valence-electron chi connectivity index (χ3n) is 3.91. The van der Waals surface area contributed by atoms with Crippen LogP contribution in [0.15, 0.2) is 12.4 Å². The average Bonchev–Trinajstić information content (AvgIpc) is 3.00. The predicted molar refractivity (Wildman–Crippen MR) is 84.2 cm³/mol. The predicted octanol–water partition coefficient (Wildman–Crippen LogP) is 1.47. The minimum atomic E-state index is -3.10. The van der Waals surface area contributed by atoms with Gasteiger partial charge >= 0.3 is 6.03 Å². The topological polar surface area (TPSA) is 95.2 Å². The molecule has 2 unspecified atom stereocenters. The fourth-order valence-corrected chi connectivity index (χ4v) is 3.83. The van der Waals surface area contributed by atoms with Crippen LogP contribution < -0.4 is 5.32 Å². The van der Waals surface area contributed by atoms with Crippen molar-refractivity contribution in [3.05, 3.63) is 18.2 Å². The minimum absolute atomic E-state index is 0.0332. The molecule has 2 rings (SSSR count). The number of nitrogens with one attached hydrogen (secondary N) is 2. The lowest BCUT2D eigenvalue weighted by Gasteiger charge is -2.35. The van der Waals surface area contributed by atoms with E-state index in [9.17, 15) is 13.2 Å². The standard InChI is InChI=1S/C14H24N4O3S/c1-3-22(20,21)10-11(2)17-14(19)18-9-5-4-6-12(18)13-15-7-8-16-13/h7-8,11-12H,3-6,9-10H2,1-2H3,(H,15,16)(H,17,19). The molecule has 1 aromatic heterocycles. The number of likely N-dealkylation sites (tertiary alicyclic amines) is 1. The minimum Gasteiger partial charge on any atom is -0.347 e. The third-order valence-corrected chi connectivity index (χ3v) is 5.80. The largest absolute Gasteiger partial charge is 0.347 e. The third kappa shape index (κ3) is 4.22. The van der Waals surface area contributed by atoms with E-state index in [0.717, 1.165) is 25.1 Å². The lowest BCUT2D eigenvalue weighted by Crippen LogP contribution is -2.49. The van der Waals surface area contributed by atoms with E-state index in [1.165, 1.54) is 0 Å². The lowest BCUT2D eigenvalue weighted by atomic mass is 10.0. The summed E-state index contributed by atoms with van der Waals surface area (Å²) in [7, 11) is -3.10. The summed E-state index contributed by atoms with van der Waals surface area (Å²) in [5.41, 5.74) is 0. The van der Waals surface area contributed by atoms with Crippen molar-refractivity contribution in [1.82, 2.24) is 20.2 Å². The van der Waals surface area contributed by atoms with Crippen molar-refractivity contribution < 1.29 is 13.2 Å². The van der Waals surface area contributed by atoms with Crippen molar-refractivity contribution in [3.8, 4) is 0 Å². The zero-order valence-electron chi connectivity index (χ0n) is 13.1. The Balaban J connectivity index is 2.00. The average molecular weight is 328 g/mol. The Morgan fingerprint density at radius 2 is 2.32 bits per heavy atom. The smallest absolute Gasteiger partial charge is 0.318 e. The summed E-state index contributed by atoms with van der Waals surface area (Å²) in [4.78, 5) is 21.5. The van der Waals surface area contributed by atoms with Gasteiger partial charge in [-0.05, 0) is 26.2 Å². The monoisotopic (exact) mass is 328 g/mol. The van der Waals surface area contributed by atoms with Crippen LogP contribution in [0.4, 0.5) is 4.79 Å². The first-order valence-electron chi connectivity index (χ1n) is 7.69. The molecule has 2 atom stereocenters. The van der Waals surface area contributed by atoms with Gasteiger partial charge in [-0.25, -0.2) is 18.2 Å². The molecule has 7 nitrogen and oxygen atoms in total. The van der Waals surface area contributed by atoms with Crippen LogP contribution >= 0.6 is 0 Å². The number of piperidine rings is 1. The summed E-state index contributed by atoms with van der Waals surface area (Å²) in [5.74, 6) is 0.837. The number of rotatable bonds is 5. The van der Waals surface area contributed by atoms with Crippen molar-refractivity contribution in [2.75, 3.05) is 18.1 Å². The SMILES string of the molecule is CCS(=O)(=O)CC(C)NC(=O)N1CCCCC1c1ncc[nH]1. The second kappa shape index (κ2) is 7.13. The number of carbonyl (C=O) groups excluding carboxylic acids is 1. The highest BCUT2D eigenvalue weighted by Crippen LogP contribution is 2.28. The van der Waals surface area contributed by atoms with E-state index in [1.54, 1.807) is 31.1 Å². The Kier molecular flexibility index (Phi) is 5.44. The number of nitrogens with zero attached hydrogens (tertiary/aromatic N) is 2. The van der Waals surface area contributed by atoms with Crippen LogP contribution in [0.25, 0.3) is 0 Å². The van der Waals surface area contributed by atoms with Gasteiger partial charge in [-0.15, -0.1) is 0 Å². The normalized spacial score (nSPS) is 20.6. The molecule has 22 heavy (non-hydrogen) atoms. The van der Waals surface area contributed by atoms with Crippen LogP contribution in [0, 0.1) is 0 Å². The van der Waals surface area contributed by atoms with Gasteiger partial charge in [0.25, 0.3) is 0 Å². The van der Waals surface area contributed by atoms with Gasteiger partial charge in [0.1, 0.15) is 5.82 Å². The molecule has 2 heterocycles. The van der Waals surface area contributed by atoms with Crippen LogP contribution in [-0.2, 0) is 9.84 Å². The zero-order chi connectivity index (χ0) is 16.2. The van der Waals surface area contributed by atoms with Crippen molar-refractivity contribution >= 4 is 15.9 Å². The summed E-state index contributed by atoms with van der Waals surface area (Å²) in [6.45, 7) is 3.99. The van der Waals surface area contributed by atoms with E-state index < -0.39 is 15.9 Å². The molecule has 8 heteroatoms. The maximum absolute atomic E-state index is 12.5. The Morgan fingerprint density at radius 3 is 2.95 bits per heavy atom. The highest BCUT2D eigenvalue weighted by Gasteiger charge is 2.30. The number of H-pyrrole nitrogens is 1. The van der Waals surface area contributed by atoms with Crippen molar-refractivity contribution in [3.63, 3.8) is 0 Å². The molecule has 2 N–H and O–H groups in total. The molecule has 1 fully saturated rings. The van der Waals surface area contributed by atoms with E-state index in [1.807, 2.05) is 0 Å². The molecule has 0 spiro atoms. The molecule has 0 saturated carbocycles. The van der Waals surface area contributed by atoms with Gasteiger partial charge < -0.3 is 15.2 Å². The Morgan fingerprint density at radius 1 is 1.55 bits per heavy atom. The second-order valence-corrected chi connectivity index (χ2v) is 8.13. The lowest BCUT2D eigenvalue weighted by molar-refractivity contribution is 0.146. The van der Waals surface area contributed by atoms with Crippen LogP contribution in [0.3, 0.4) is 0 Å². The quantitative estimate of drug-likeness (QED) is 0.855. The molecule has 0 aromatic carbocycles. The first-order valence-corrected chi connectivity index (χ1v) is 9.52. The molecule has 1 aromatic rings. The maximum Gasteiger partial charge on any atom is 0.318 e. The summed E-state index contributed by atoms with van der Waals surface area (Å²) in [5, 5.41) is 2.80. The fraction of sp³-hybridized carbons (Fsp3) is 0.714. The second-order valence-electron chi connectivity index (χ2n) is 5.73. The van der Waals surface area contributed by atoms with Crippen molar-refractivity contribution in [2.45, 2.75) is 45.2 Å². The number of hydrogen-bond acceptors (Lipinski definition) is 4. The van der Waals surface area contributed by atoms with E-state index in [-0.39, 0.29) is 23.6 Å². The summed E-state index contributed by atoms with van der Waals surface area (Å²) >= 11 is 0. The van der Waals surface area contributed by atoms with Gasteiger partial charge in [-0.1, -0.05) is 6.92 Å². The first kappa shape index (κ1) is 16.8. The Hall–Kier alpha value is -1.57. The molecule has 0 radical (unpaired) electrons. The highest BCUT2D eigenvalue weighted by atomic mass is 32.2. The number of carbonyl (C=O) groups is 1. The van der Waals surface area contributed by atoms with Crippen LogP contribution in [-0.4, -0.2) is 53.4 Å². The van der Waals surface area contributed by atoms with Crippen molar-refractivity contribution in [2.24, 2.45) is 0 Å². The van der Waals surface area contributed by atoms with Crippen LogP contribution in [0.5, 0.6) is 0 Å². The molecule has 0 bridgehead atoms. The van der Waals surface area contributed by atoms with Gasteiger partial charge in [0.15, 0.2) is 9.84 Å².